The lowest BCUT2D eigenvalue weighted by Gasteiger charge is -2.36. The van der Waals surface area contributed by atoms with Crippen LogP contribution in [0.4, 0.5) is 0 Å². The van der Waals surface area contributed by atoms with E-state index in [1.807, 2.05) is 4.90 Å². The smallest absolute Gasteiger partial charge is 0.270 e. The van der Waals surface area contributed by atoms with Gasteiger partial charge in [-0.3, -0.25) is 4.79 Å². The maximum absolute atomic E-state index is 12.7. The number of amides is 1. The summed E-state index contributed by atoms with van der Waals surface area (Å²) in [5.41, 5.74) is 3.01. The van der Waals surface area contributed by atoms with Crippen LogP contribution in [-0.4, -0.2) is 35.4 Å². The second-order valence-corrected chi connectivity index (χ2v) is 5.98. The zero-order valence-electron chi connectivity index (χ0n) is 13.0. The van der Waals surface area contributed by atoms with E-state index in [2.05, 4.69) is 41.5 Å². The Balaban J connectivity index is 0.00000192. The van der Waals surface area contributed by atoms with Gasteiger partial charge in [0.25, 0.3) is 5.91 Å². The number of halogens is 2. The van der Waals surface area contributed by atoms with Crippen molar-refractivity contribution in [2.24, 2.45) is 0 Å². The number of hydrogen-bond acceptors (Lipinski definition) is 2. The molecule has 0 bridgehead atoms. The molecule has 2 N–H and O–H groups in total. The SMILES string of the molecule is CCc1ccc(C2CNCCN2C(=O)c2cc(Cl)c[nH]2)cc1.Cl. The van der Waals surface area contributed by atoms with Gasteiger partial charge in [-0.15, -0.1) is 12.4 Å². The maximum Gasteiger partial charge on any atom is 0.270 e. The van der Waals surface area contributed by atoms with Gasteiger partial charge in [-0.25, -0.2) is 0 Å². The number of H-pyrrole nitrogens is 1. The second kappa shape index (κ2) is 7.86. The van der Waals surface area contributed by atoms with Crippen molar-refractivity contribution in [3.8, 4) is 0 Å². The van der Waals surface area contributed by atoms with Crippen LogP contribution >= 0.6 is 24.0 Å². The van der Waals surface area contributed by atoms with Crippen molar-refractivity contribution in [2.75, 3.05) is 19.6 Å². The highest BCUT2D eigenvalue weighted by atomic mass is 35.5. The first kappa shape index (κ1) is 17.9. The molecule has 1 fully saturated rings. The summed E-state index contributed by atoms with van der Waals surface area (Å²) in [6, 6.07) is 10.3. The van der Waals surface area contributed by atoms with Crippen molar-refractivity contribution in [1.82, 2.24) is 15.2 Å². The predicted molar refractivity (Wildman–Crippen MR) is 95.5 cm³/mol. The Morgan fingerprint density at radius 1 is 1.35 bits per heavy atom. The molecule has 1 saturated heterocycles. The Bertz CT molecular complexity index is 654. The molecule has 0 spiro atoms. The second-order valence-electron chi connectivity index (χ2n) is 5.55. The standard InChI is InChI=1S/C17H20ClN3O.ClH/c1-2-12-3-5-13(6-4-12)16-11-19-7-8-21(16)17(22)15-9-14(18)10-20-15;/h3-6,9-10,16,19-20H,2,7-8,11H2,1H3;1H. The van der Waals surface area contributed by atoms with E-state index in [0.29, 0.717) is 17.3 Å². The molecular formula is C17H21Cl2N3O. The molecule has 124 valence electrons. The molecule has 2 aromatic rings. The van der Waals surface area contributed by atoms with E-state index in [-0.39, 0.29) is 24.4 Å². The molecule has 1 aliphatic rings. The van der Waals surface area contributed by atoms with E-state index >= 15 is 0 Å². The van der Waals surface area contributed by atoms with Gasteiger partial charge in [0.1, 0.15) is 5.69 Å². The summed E-state index contributed by atoms with van der Waals surface area (Å²) in [6.45, 7) is 4.41. The van der Waals surface area contributed by atoms with Gasteiger partial charge in [0.05, 0.1) is 11.1 Å². The van der Waals surface area contributed by atoms with Crippen molar-refractivity contribution in [3.05, 3.63) is 58.4 Å². The number of carbonyl (C=O) groups excluding carboxylic acids is 1. The minimum absolute atomic E-state index is 0. The third-order valence-electron chi connectivity index (χ3n) is 4.16. The fourth-order valence-electron chi connectivity index (χ4n) is 2.87. The van der Waals surface area contributed by atoms with E-state index in [1.165, 1.54) is 5.56 Å². The van der Waals surface area contributed by atoms with Gasteiger partial charge in [-0.1, -0.05) is 42.8 Å². The first-order valence-corrected chi connectivity index (χ1v) is 8.01. The van der Waals surface area contributed by atoms with Crippen molar-refractivity contribution in [1.29, 1.82) is 0 Å². The molecule has 2 heterocycles. The molecule has 23 heavy (non-hydrogen) atoms. The highest BCUT2D eigenvalue weighted by Gasteiger charge is 2.29. The van der Waals surface area contributed by atoms with Gasteiger partial charge in [-0.05, 0) is 23.6 Å². The third-order valence-corrected chi connectivity index (χ3v) is 4.37. The van der Waals surface area contributed by atoms with E-state index in [1.54, 1.807) is 12.3 Å². The molecule has 0 radical (unpaired) electrons. The molecule has 3 rings (SSSR count). The van der Waals surface area contributed by atoms with Crippen LogP contribution in [0.2, 0.25) is 5.02 Å². The van der Waals surface area contributed by atoms with Crippen molar-refractivity contribution in [3.63, 3.8) is 0 Å². The van der Waals surface area contributed by atoms with Gasteiger partial charge >= 0.3 is 0 Å². The molecule has 4 nitrogen and oxygen atoms in total. The lowest BCUT2D eigenvalue weighted by molar-refractivity contribution is 0.0629. The quantitative estimate of drug-likeness (QED) is 0.887. The molecule has 1 atom stereocenters. The number of hydrogen-bond donors (Lipinski definition) is 2. The minimum Gasteiger partial charge on any atom is -0.356 e. The van der Waals surface area contributed by atoms with Gasteiger partial charge in [0.2, 0.25) is 0 Å². The number of rotatable bonds is 3. The number of piperazine rings is 1. The van der Waals surface area contributed by atoms with Crippen LogP contribution in [0.5, 0.6) is 0 Å². The fraction of sp³-hybridized carbons (Fsp3) is 0.353. The number of carbonyl (C=O) groups is 1. The fourth-order valence-corrected chi connectivity index (χ4v) is 3.03. The van der Waals surface area contributed by atoms with E-state index in [4.69, 9.17) is 11.6 Å². The van der Waals surface area contributed by atoms with Crippen molar-refractivity contribution >= 4 is 29.9 Å². The summed E-state index contributed by atoms with van der Waals surface area (Å²) >= 11 is 5.92. The molecule has 0 saturated carbocycles. The molecule has 1 aromatic heterocycles. The van der Waals surface area contributed by atoms with Crippen molar-refractivity contribution in [2.45, 2.75) is 19.4 Å². The number of aromatic nitrogens is 1. The summed E-state index contributed by atoms with van der Waals surface area (Å²) in [5.74, 6) is -0.00188. The number of nitrogens with one attached hydrogen (secondary N) is 2. The molecule has 1 aromatic carbocycles. The Hall–Kier alpha value is -1.49. The molecule has 6 heteroatoms. The zero-order valence-corrected chi connectivity index (χ0v) is 14.6. The van der Waals surface area contributed by atoms with Crippen LogP contribution in [0.15, 0.2) is 36.5 Å². The van der Waals surface area contributed by atoms with Gasteiger partial charge in [0.15, 0.2) is 0 Å². The number of nitrogens with zero attached hydrogens (tertiary/aromatic N) is 1. The summed E-state index contributed by atoms with van der Waals surface area (Å²) in [4.78, 5) is 17.6. The average molecular weight is 354 g/mol. The van der Waals surface area contributed by atoms with Crippen LogP contribution in [0.1, 0.15) is 34.6 Å². The normalized spacial score (nSPS) is 17.7. The third kappa shape index (κ3) is 3.89. The Labute approximate surface area is 147 Å². The first-order chi connectivity index (χ1) is 10.7. The Morgan fingerprint density at radius 2 is 2.09 bits per heavy atom. The van der Waals surface area contributed by atoms with Gasteiger partial charge in [-0.2, -0.15) is 0 Å². The molecule has 0 aliphatic carbocycles. The average Bonchev–Trinajstić information content (AvgIpc) is 3.01. The zero-order chi connectivity index (χ0) is 15.5. The van der Waals surface area contributed by atoms with Gasteiger partial charge in [0, 0.05) is 25.8 Å². The number of aromatic amines is 1. The summed E-state index contributed by atoms with van der Waals surface area (Å²) in [7, 11) is 0. The van der Waals surface area contributed by atoms with Crippen LogP contribution < -0.4 is 5.32 Å². The highest BCUT2D eigenvalue weighted by molar-refractivity contribution is 6.30. The van der Waals surface area contributed by atoms with Gasteiger partial charge < -0.3 is 15.2 Å². The highest BCUT2D eigenvalue weighted by Crippen LogP contribution is 2.25. The molecule has 1 aliphatic heterocycles. The number of aryl methyl sites for hydroxylation is 1. The lowest BCUT2D eigenvalue weighted by atomic mass is 10.0. The van der Waals surface area contributed by atoms with Crippen LogP contribution in [0.25, 0.3) is 0 Å². The largest absolute Gasteiger partial charge is 0.356 e. The summed E-state index contributed by atoms with van der Waals surface area (Å²) in [6.07, 6.45) is 2.66. The topological polar surface area (TPSA) is 48.1 Å². The van der Waals surface area contributed by atoms with Crippen molar-refractivity contribution < 1.29 is 4.79 Å². The Morgan fingerprint density at radius 3 is 2.70 bits per heavy atom. The van der Waals surface area contributed by atoms with Crippen LogP contribution in [-0.2, 0) is 6.42 Å². The molecular weight excluding hydrogens is 333 g/mol. The van der Waals surface area contributed by atoms with E-state index in [0.717, 1.165) is 25.1 Å². The summed E-state index contributed by atoms with van der Waals surface area (Å²) in [5, 5.41) is 3.93. The molecule has 1 unspecified atom stereocenters. The summed E-state index contributed by atoms with van der Waals surface area (Å²) < 4.78 is 0. The minimum atomic E-state index is -0.00188. The Kier molecular flexibility index (Phi) is 6.10. The first-order valence-electron chi connectivity index (χ1n) is 7.63. The predicted octanol–water partition coefficient (Wildman–Crippen LogP) is 3.44. The van der Waals surface area contributed by atoms with E-state index in [9.17, 15) is 4.79 Å². The molecule has 1 amide bonds. The number of benzene rings is 1. The maximum atomic E-state index is 12.7. The lowest BCUT2D eigenvalue weighted by Crippen LogP contribution is -2.48. The monoisotopic (exact) mass is 353 g/mol. The van der Waals surface area contributed by atoms with Crippen LogP contribution in [0, 0.1) is 0 Å². The van der Waals surface area contributed by atoms with E-state index < -0.39 is 0 Å². The van der Waals surface area contributed by atoms with Crippen LogP contribution in [0.3, 0.4) is 0 Å².